The molecule has 0 aromatic carbocycles. The molecule has 3 nitrogen and oxygen atoms in total. The summed E-state index contributed by atoms with van der Waals surface area (Å²) >= 11 is 0. The zero-order valence-electron chi connectivity index (χ0n) is 7.54. The van der Waals surface area contributed by atoms with Gasteiger partial charge in [-0.3, -0.25) is 0 Å². The molecule has 1 N–H and O–H groups in total. The highest BCUT2D eigenvalue weighted by molar-refractivity contribution is 4.52. The predicted octanol–water partition coefficient (Wildman–Crippen LogP) is 0.809. The monoisotopic (exact) mass is 162 g/mol. The van der Waals surface area contributed by atoms with Crippen molar-refractivity contribution in [3.63, 3.8) is 0 Å². The van der Waals surface area contributed by atoms with Gasteiger partial charge < -0.3 is 14.6 Å². The average Bonchev–Trinajstić information content (AvgIpc) is 2.01. The first-order valence-corrected chi connectivity index (χ1v) is 3.99. The molecule has 2 unspecified atom stereocenters. The highest BCUT2D eigenvalue weighted by Crippen LogP contribution is 1.96. The van der Waals surface area contributed by atoms with E-state index in [4.69, 9.17) is 14.6 Å². The lowest BCUT2D eigenvalue weighted by atomic mass is 10.3. The molecule has 0 fully saturated rings. The van der Waals surface area contributed by atoms with Crippen molar-refractivity contribution in [1.29, 1.82) is 0 Å². The lowest BCUT2D eigenvalue weighted by molar-refractivity contribution is -0.0323. The van der Waals surface area contributed by atoms with Crippen molar-refractivity contribution in [3.8, 4) is 0 Å². The van der Waals surface area contributed by atoms with Gasteiger partial charge >= 0.3 is 0 Å². The molecule has 0 saturated carbocycles. The molecule has 0 aromatic rings. The molecular formula is C8H18O3. The average molecular weight is 162 g/mol. The fraction of sp³-hybridized carbons (Fsp3) is 1.00. The van der Waals surface area contributed by atoms with Gasteiger partial charge in [-0.1, -0.05) is 6.92 Å². The maximum absolute atomic E-state index is 9.11. The Morgan fingerprint density at radius 1 is 1.36 bits per heavy atom. The summed E-state index contributed by atoms with van der Waals surface area (Å²) in [5.74, 6) is 0. The molecule has 0 spiro atoms. The summed E-state index contributed by atoms with van der Waals surface area (Å²) in [4.78, 5) is 0. The van der Waals surface area contributed by atoms with Crippen molar-refractivity contribution >= 4 is 0 Å². The molecule has 2 atom stereocenters. The number of hydrogen-bond acceptors (Lipinski definition) is 3. The zero-order valence-corrected chi connectivity index (χ0v) is 7.54. The van der Waals surface area contributed by atoms with Crippen LogP contribution in [0.1, 0.15) is 20.3 Å². The third kappa shape index (κ3) is 6.28. The molecule has 0 saturated heterocycles. The van der Waals surface area contributed by atoms with Crippen LogP contribution in [0.4, 0.5) is 0 Å². The molecule has 0 rings (SSSR count). The second-order valence-corrected chi connectivity index (χ2v) is 2.66. The van der Waals surface area contributed by atoms with Gasteiger partial charge in [0.05, 0.1) is 25.4 Å². The zero-order chi connectivity index (χ0) is 8.69. The molecular weight excluding hydrogens is 144 g/mol. The molecule has 3 heteroatoms. The quantitative estimate of drug-likeness (QED) is 0.628. The Morgan fingerprint density at radius 2 is 2.00 bits per heavy atom. The highest BCUT2D eigenvalue weighted by atomic mass is 16.5. The first kappa shape index (κ1) is 10.9. The van der Waals surface area contributed by atoms with Crippen LogP contribution in [0.15, 0.2) is 0 Å². The molecule has 0 aromatic heterocycles. The smallest absolute Gasteiger partial charge is 0.0781 e. The van der Waals surface area contributed by atoms with Crippen LogP contribution < -0.4 is 0 Å². The normalized spacial score (nSPS) is 16.4. The van der Waals surface area contributed by atoms with Gasteiger partial charge in [0, 0.05) is 7.11 Å². The molecule has 0 heterocycles. The second-order valence-electron chi connectivity index (χ2n) is 2.66. The first-order valence-electron chi connectivity index (χ1n) is 3.99. The van der Waals surface area contributed by atoms with Gasteiger partial charge in [-0.2, -0.15) is 0 Å². The van der Waals surface area contributed by atoms with Gasteiger partial charge in [0.25, 0.3) is 0 Å². The Bertz CT molecular complexity index is 85.4. The predicted molar refractivity (Wildman–Crippen MR) is 43.6 cm³/mol. The fourth-order valence-electron chi connectivity index (χ4n) is 0.676. The summed E-state index contributed by atoms with van der Waals surface area (Å²) in [5, 5.41) is 9.11. The summed E-state index contributed by atoms with van der Waals surface area (Å²) in [6, 6.07) is 0. The minimum absolute atomic E-state index is 0.0706. The summed E-state index contributed by atoms with van der Waals surface area (Å²) in [7, 11) is 1.64. The van der Waals surface area contributed by atoms with Crippen LogP contribution in [0.25, 0.3) is 0 Å². The van der Waals surface area contributed by atoms with E-state index in [2.05, 4.69) is 0 Å². The van der Waals surface area contributed by atoms with Crippen LogP contribution >= 0.6 is 0 Å². The highest BCUT2D eigenvalue weighted by Gasteiger charge is 2.04. The Hall–Kier alpha value is -0.120. The van der Waals surface area contributed by atoms with Crippen molar-refractivity contribution in [3.05, 3.63) is 0 Å². The summed E-state index contributed by atoms with van der Waals surface area (Å²) < 4.78 is 10.1. The van der Waals surface area contributed by atoms with Gasteiger partial charge in [-0.25, -0.2) is 0 Å². The van der Waals surface area contributed by atoms with E-state index < -0.39 is 0 Å². The Morgan fingerprint density at radius 3 is 2.45 bits per heavy atom. The maximum Gasteiger partial charge on any atom is 0.0781 e. The number of rotatable bonds is 6. The van der Waals surface area contributed by atoms with Crippen LogP contribution in [0.5, 0.6) is 0 Å². The number of aliphatic hydroxyl groups excluding tert-OH is 1. The Kier molecular flexibility index (Phi) is 6.51. The fourth-order valence-corrected chi connectivity index (χ4v) is 0.676. The number of methoxy groups -OCH3 is 1. The number of aliphatic hydroxyl groups is 1. The van der Waals surface area contributed by atoms with Gasteiger partial charge in [-0.15, -0.1) is 0 Å². The lowest BCUT2D eigenvalue weighted by Gasteiger charge is -2.14. The van der Waals surface area contributed by atoms with E-state index in [0.717, 1.165) is 6.42 Å². The van der Waals surface area contributed by atoms with Gasteiger partial charge in [-0.05, 0) is 13.3 Å². The molecule has 0 bridgehead atoms. The molecule has 11 heavy (non-hydrogen) atoms. The molecule has 0 amide bonds. The minimum atomic E-state index is -0.339. The van der Waals surface area contributed by atoms with Crippen molar-refractivity contribution < 1.29 is 14.6 Å². The van der Waals surface area contributed by atoms with E-state index in [0.29, 0.717) is 13.2 Å². The van der Waals surface area contributed by atoms with E-state index in [1.807, 2.05) is 13.8 Å². The van der Waals surface area contributed by atoms with Crippen molar-refractivity contribution in [2.24, 2.45) is 0 Å². The van der Waals surface area contributed by atoms with Crippen LogP contribution in [0, 0.1) is 0 Å². The SMILES string of the molecule is CCC(O)COC(C)COC. The van der Waals surface area contributed by atoms with Gasteiger partial charge in [0.1, 0.15) is 0 Å². The Balaban J connectivity index is 3.22. The third-order valence-corrected chi connectivity index (χ3v) is 1.45. The van der Waals surface area contributed by atoms with E-state index in [1.165, 1.54) is 0 Å². The largest absolute Gasteiger partial charge is 0.391 e. The standard InChI is InChI=1S/C8H18O3/c1-4-8(9)6-11-7(2)5-10-3/h7-9H,4-6H2,1-3H3. The number of hydrogen-bond donors (Lipinski definition) is 1. The Labute approximate surface area is 68.3 Å². The van der Waals surface area contributed by atoms with Crippen LogP contribution in [-0.4, -0.2) is 37.6 Å². The summed E-state index contributed by atoms with van der Waals surface area (Å²) in [6.45, 7) is 4.83. The molecule has 0 radical (unpaired) electrons. The topological polar surface area (TPSA) is 38.7 Å². The van der Waals surface area contributed by atoms with Crippen molar-refractivity contribution in [1.82, 2.24) is 0 Å². The number of ether oxygens (including phenoxy) is 2. The molecule has 0 aliphatic rings. The molecule has 68 valence electrons. The summed E-state index contributed by atoms with van der Waals surface area (Å²) in [6.07, 6.45) is 0.468. The van der Waals surface area contributed by atoms with E-state index in [1.54, 1.807) is 7.11 Å². The first-order chi connectivity index (χ1) is 5.20. The second kappa shape index (κ2) is 6.58. The van der Waals surface area contributed by atoms with E-state index >= 15 is 0 Å². The third-order valence-electron chi connectivity index (χ3n) is 1.45. The lowest BCUT2D eigenvalue weighted by Crippen LogP contribution is -2.22. The van der Waals surface area contributed by atoms with Crippen LogP contribution in [-0.2, 0) is 9.47 Å². The van der Waals surface area contributed by atoms with E-state index in [-0.39, 0.29) is 12.2 Å². The van der Waals surface area contributed by atoms with Crippen LogP contribution in [0.3, 0.4) is 0 Å². The molecule has 0 aliphatic carbocycles. The van der Waals surface area contributed by atoms with Crippen molar-refractivity contribution in [2.45, 2.75) is 32.5 Å². The van der Waals surface area contributed by atoms with E-state index in [9.17, 15) is 0 Å². The molecule has 0 aliphatic heterocycles. The van der Waals surface area contributed by atoms with Gasteiger partial charge in [0.15, 0.2) is 0 Å². The minimum Gasteiger partial charge on any atom is -0.391 e. The van der Waals surface area contributed by atoms with Crippen molar-refractivity contribution in [2.75, 3.05) is 20.3 Å². The maximum atomic E-state index is 9.11. The van der Waals surface area contributed by atoms with Crippen LogP contribution in [0.2, 0.25) is 0 Å². The van der Waals surface area contributed by atoms with Gasteiger partial charge in [0.2, 0.25) is 0 Å². The summed E-state index contributed by atoms with van der Waals surface area (Å²) in [5.41, 5.74) is 0.